The van der Waals surface area contributed by atoms with Crippen molar-refractivity contribution in [2.24, 2.45) is 0 Å². The minimum Gasteiger partial charge on any atom is -0.385 e. The van der Waals surface area contributed by atoms with Crippen LogP contribution in [0.25, 0.3) is 0 Å². The maximum Gasteiger partial charge on any atom is 0.275 e. The van der Waals surface area contributed by atoms with Crippen LogP contribution < -0.4 is 10.6 Å². The number of hydrogen-bond acceptors (Lipinski definition) is 5. The average Bonchev–Trinajstić information content (AvgIpc) is 2.55. The first kappa shape index (κ1) is 16.9. The van der Waals surface area contributed by atoms with Crippen LogP contribution in [0.5, 0.6) is 0 Å². The molecule has 1 aromatic heterocycles. The molecule has 6 heteroatoms. The molecule has 2 rings (SSSR count). The Morgan fingerprint density at radius 3 is 2.65 bits per heavy atom. The van der Waals surface area contributed by atoms with Gasteiger partial charge in [0.25, 0.3) is 5.91 Å². The molecule has 0 saturated heterocycles. The van der Waals surface area contributed by atoms with Gasteiger partial charge in [-0.3, -0.25) is 4.79 Å². The summed E-state index contributed by atoms with van der Waals surface area (Å²) in [6.07, 6.45) is 3.91. The van der Waals surface area contributed by atoms with Crippen molar-refractivity contribution in [2.45, 2.75) is 20.3 Å². The number of hydrogen-bond donors (Lipinski definition) is 2. The van der Waals surface area contributed by atoms with Gasteiger partial charge in [0.2, 0.25) is 0 Å². The van der Waals surface area contributed by atoms with Gasteiger partial charge in [0.1, 0.15) is 11.5 Å². The Morgan fingerprint density at radius 1 is 1.17 bits per heavy atom. The van der Waals surface area contributed by atoms with Crippen molar-refractivity contribution in [1.29, 1.82) is 0 Å². The summed E-state index contributed by atoms with van der Waals surface area (Å²) in [5, 5.41) is 5.95. The van der Waals surface area contributed by atoms with Crippen molar-refractivity contribution in [1.82, 2.24) is 9.97 Å². The van der Waals surface area contributed by atoms with Crippen LogP contribution in [0.4, 0.5) is 11.5 Å². The number of aryl methyl sites for hydroxylation is 2. The summed E-state index contributed by atoms with van der Waals surface area (Å²) in [5.41, 5.74) is 3.35. The molecule has 0 atom stereocenters. The van der Waals surface area contributed by atoms with Gasteiger partial charge >= 0.3 is 0 Å². The summed E-state index contributed by atoms with van der Waals surface area (Å²) in [6, 6.07) is 5.79. The Kier molecular flexibility index (Phi) is 6.05. The molecule has 0 saturated carbocycles. The first-order valence-corrected chi connectivity index (χ1v) is 7.53. The third kappa shape index (κ3) is 5.03. The van der Waals surface area contributed by atoms with Gasteiger partial charge < -0.3 is 15.4 Å². The highest BCUT2D eigenvalue weighted by Gasteiger charge is 2.09. The lowest BCUT2D eigenvalue weighted by atomic mass is 10.1. The van der Waals surface area contributed by atoms with Crippen LogP contribution in [-0.4, -0.2) is 36.1 Å². The molecule has 0 spiro atoms. The van der Waals surface area contributed by atoms with Crippen LogP contribution in [0.1, 0.15) is 28.0 Å². The van der Waals surface area contributed by atoms with Gasteiger partial charge in [-0.15, -0.1) is 0 Å². The van der Waals surface area contributed by atoms with Crippen LogP contribution in [0.15, 0.2) is 30.6 Å². The molecule has 1 aromatic carbocycles. The summed E-state index contributed by atoms with van der Waals surface area (Å²) in [4.78, 5) is 20.5. The summed E-state index contributed by atoms with van der Waals surface area (Å²) >= 11 is 0. The normalized spacial score (nSPS) is 10.4. The molecule has 2 N–H and O–H groups in total. The van der Waals surface area contributed by atoms with Crippen molar-refractivity contribution in [3.63, 3.8) is 0 Å². The molecule has 1 heterocycles. The summed E-state index contributed by atoms with van der Waals surface area (Å²) in [5.74, 6) is 0.371. The molecular weight excluding hydrogens is 292 g/mol. The lowest BCUT2D eigenvalue weighted by molar-refractivity contribution is 0.102. The van der Waals surface area contributed by atoms with Crippen molar-refractivity contribution in [2.75, 3.05) is 30.9 Å². The molecule has 0 aliphatic carbocycles. The highest BCUT2D eigenvalue weighted by molar-refractivity contribution is 6.02. The van der Waals surface area contributed by atoms with E-state index in [9.17, 15) is 4.79 Å². The van der Waals surface area contributed by atoms with E-state index in [4.69, 9.17) is 4.74 Å². The van der Waals surface area contributed by atoms with Gasteiger partial charge in [-0.2, -0.15) is 0 Å². The Morgan fingerprint density at radius 2 is 2.00 bits per heavy atom. The van der Waals surface area contributed by atoms with Gasteiger partial charge in [0.05, 0.1) is 12.4 Å². The lowest BCUT2D eigenvalue weighted by Gasteiger charge is -2.08. The number of nitrogens with one attached hydrogen (secondary N) is 2. The fourth-order valence-electron chi connectivity index (χ4n) is 1.98. The van der Waals surface area contributed by atoms with E-state index in [-0.39, 0.29) is 11.6 Å². The molecular formula is C17H22N4O2. The Hall–Kier alpha value is -2.47. The molecule has 0 aliphatic heterocycles. The molecule has 1 amide bonds. The smallest absolute Gasteiger partial charge is 0.275 e. The summed E-state index contributed by atoms with van der Waals surface area (Å²) in [7, 11) is 1.67. The SMILES string of the molecule is COCCCNc1cnc(C(=O)Nc2ccc(C)c(C)c2)cn1. The van der Waals surface area contributed by atoms with Crippen molar-refractivity contribution in [3.05, 3.63) is 47.4 Å². The van der Waals surface area contributed by atoms with E-state index < -0.39 is 0 Å². The molecule has 6 nitrogen and oxygen atoms in total. The molecule has 0 aliphatic rings. The summed E-state index contributed by atoms with van der Waals surface area (Å²) in [6.45, 7) is 5.48. The number of carbonyl (C=O) groups excluding carboxylic acids is 1. The van der Waals surface area contributed by atoms with Gasteiger partial charge in [-0.25, -0.2) is 9.97 Å². The number of amides is 1. The molecule has 2 aromatic rings. The minimum atomic E-state index is -0.272. The maximum absolute atomic E-state index is 12.2. The summed E-state index contributed by atoms with van der Waals surface area (Å²) < 4.78 is 4.97. The van der Waals surface area contributed by atoms with Crippen molar-refractivity contribution in [3.8, 4) is 0 Å². The van der Waals surface area contributed by atoms with Crippen LogP contribution >= 0.6 is 0 Å². The number of carbonyl (C=O) groups is 1. The average molecular weight is 314 g/mol. The number of nitrogens with zero attached hydrogens (tertiary/aromatic N) is 2. The third-order valence-electron chi connectivity index (χ3n) is 3.48. The van der Waals surface area contributed by atoms with E-state index >= 15 is 0 Å². The maximum atomic E-state index is 12.2. The van der Waals surface area contributed by atoms with Crippen LogP contribution in [-0.2, 0) is 4.74 Å². The Bertz CT molecular complexity index is 656. The van der Waals surface area contributed by atoms with Crippen LogP contribution in [0, 0.1) is 13.8 Å². The van der Waals surface area contributed by atoms with Gasteiger partial charge in [0, 0.05) is 25.9 Å². The number of benzene rings is 1. The fourth-order valence-corrected chi connectivity index (χ4v) is 1.98. The minimum absolute atomic E-state index is 0.272. The predicted molar refractivity (Wildman–Crippen MR) is 90.9 cm³/mol. The van der Waals surface area contributed by atoms with E-state index in [0.29, 0.717) is 12.4 Å². The second kappa shape index (κ2) is 8.24. The molecule has 0 fully saturated rings. The number of anilines is 2. The Balaban J connectivity index is 1.93. The first-order chi connectivity index (χ1) is 11.1. The molecule has 23 heavy (non-hydrogen) atoms. The first-order valence-electron chi connectivity index (χ1n) is 7.53. The zero-order chi connectivity index (χ0) is 16.7. The van der Waals surface area contributed by atoms with Gasteiger partial charge in [0.15, 0.2) is 0 Å². The molecule has 0 unspecified atom stereocenters. The van der Waals surface area contributed by atoms with E-state index in [0.717, 1.165) is 24.2 Å². The fraction of sp³-hybridized carbons (Fsp3) is 0.353. The van der Waals surface area contributed by atoms with Crippen LogP contribution in [0.3, 0.4) is 0 Å². The lowest BCUT2D eigenvalue weighted by Crippen LogP contribution is -2.15. The van der Waals surface area contributed by atoms with E-state index in [2.05, 4.69) is 20.6 Å². The highest BCUT2D eigenvalue weighted by Crippen LogP contribution is 2.15. The van der Waals surface area contributed by atoms with E-state index in [1.54, 1.807) is 13.3 Å². The molecule has 0 bridgehead atoms. The Labute approximate surface area is 136 Å². The van der Waals surface area contributed by atoms with E-state index in [1.165, 1.54) is 11.8 Å². The highest BCUT2D eigenvalue weighted by atomic mass is 16.5. The van der Waals surface area contributed by atoms with Gasteiger partial charge in [-0.1, -0.05) is 6.07 Å². The standard InChI is InChI=1S/C17H22N4O2/c1-12-5-6-14(9-13(12)2)21-17(22)15-10-20-16(11-19-15)18-7-4-8-23-3/h5-6,9-11H,4,7-8H2,1-3H3,(H,18,20)(H,21,22). The third-order valence-corrected chi connectivity index (χ3v) is 3.48. The molecule has 0 radical (unpaired) electrons. The second-order valence-electron chi connectivity index (χ2n) is 5.31. The molecule has 122 valence electrons. The van der Waals surface area contributed by atoms with Crippen LogP contribution in [0.2, 0.25) is 0 Å². The number of ether oxygens (including phenoxy) is 1. The number of methoxy groups -OCH3 is 1. The predicted octanol–water partition coefficient (Wildman–Crippen LogP) is 2.79. The second-order valence-corrected chi connectivity index (χ2v) is 5.31. The number of rotatable bonds is 7. The van der Waals surface area contributed by atoms with Crippen molar-refractivity contribution < 1.29 is 9.53 Å². The van der Waals surface area contributed by atoms with Gasteiger partial charge in [-0.05, 0) is 43.5 Å². The van der Waals surface area contributed by atoms with Crippen molar-refractivity contribution >= 4 is 17.4 Å². The largest absolute Gasteiger partial charge is 0.385 e. The zero-order valence-electron chi connectivity index (χ0n) is 13.7. The zero-order valence-corrected chi connectivity index (χ0v) is 13.7. The topological polar surface area (TPSA) is 76.1 Å². The monoisotopic (exact) mass is 314 g/mol. The quantitative estimate of drug-likeness (QED) is 0.769. The number of aromatic nitrogens is 2. The van der Waals surface area contributed by atoms with E-state index in [1.807, 2.05) is 32.0 Å².